The first-order chi connectivity index (χ1) is 13.6. The van der Waals surface area contributed by atoms with E-state index in [0.717, 1.165) is 47.3 Å². The van der Waals surface area contributed by atoms with Gasteiger partial charge in [0.05, 0.1) is 20.8 Å². The molecule has 0 saturated heterocycles. The summed E-state index contributed by atoms with van der Waals surface area (Å²) in [5.74, 6) is 3.38. The van der Waals surface area contributed by atoms with Gasteiger partial charge in [0.15, 0.2) is 5.96 Å². The number of fused-ring (bicyclic) bond motifs is 1. The summed E-state index contributed by atoms with van der Waals surface area (Å²) in [6.07, 6.45) is 1.12. The number of aliphatic imine (C=N–C) groups is 1. The summed E-state index contributed by atoms with van der Waals surface area (Å²) < 4.78 is 16.9. The molecule has 1 heterocycles. The normalized spacial score (nSPS) is 15.6. The Hall–Kier alpha value is -2.89. The zero-order valence-electron chi connectivity index (χ0n) is 17.0. The second-order valence-electron chi connectivity index (χ2n) is 6.76. The maximum Gasteiger partial charge on any atom is 0.191 e. The number of rotatable bonds is 7. The molecule has 0 fully saturated rings. The van der Waals surface area contributed by atoms with E-state index in [4.69, 9.17) is 19.2 Å². The van der Waals surface area contributed by atoms with Gasteiger partial charge >= 0.3 is 0 Å². The van der Waals surface area contributed by atoms with E-state index >= 15 is 0 Å². The van der Waals surface area contributed by atoms with Gasteiger partial charge in [0.25, 0.3) is 0 Å². The first-order valence-corrected chi connectivity index (χ1v) is 9.65. The molecule has 1 atom stereocenters. The van der Waals surface area contributed by atoms with Gasteiger partial charge in [-0.1, -0.05) is 18.2 Å². The number of guanidine groups is 1. The summed E-state index contributed by atoms with van der Waals surface area (Å²) in [4.78, 5) is 4.73. The van der Waals surface area contributed by atoms with Gasteiger partial charge < -0.3 is 24.8 Å². The van der Waals surface area contributed by atoms with Crippen molar-refractivity contribution in [2.24, 2.45) is 4.99 Å². The Morgan fingerprint density at radius 1 is 1.11 bits per heavy atom. The van der Waals surface area contributed by atoms with Crippen LogP contribution in [0.25, 0.3) is 0 Å². The fourth-order valence-electron chi connectivity index (χ4n) is 3.33. The molecule has 1 unspecified atom stereocenters. The second kappa shape index (κ2) is 9.35. The average Bonchev–Trinajstić information content (AvgIpc) is 3.08. The van der Waals surface area contributed by atoms with Crippen molar-refractivity contribution in [2.75, 3.05) is 20.8 Å². The highest BCUT2D eigenvalue weighted by Gasteiger charge is 2.21. The molecule has 6 nitrogen and oxygen atoms in total. The van der Waals surface area contributed by atoms with Crippen molar-refractivity contribution in [1.82, 2.24) is 10.6 Å². The monoisotopic (exact) mass is 383 g/mol. The molecular weight excluding hydrogens is 354 g/mol. The lowest BCUT2D eigenvalue weighted by molar-refractivity contribution is 0.254. The Morgan fingerprint density at radius 2 is 1.89 bits per heavy atom. The minimum absolute atomic E-state index is 0.207. The Morgan fingerprint density at radius 3 is 2.64 bits per heavy atom. The molecule has 0 aromatic heterocycles. The number of methoxy groups -OCH3 is 2. The number of benzene rings is 2. The molecule has 0 radical (unpaired) electrons. The minimum atomic E-state index is 0.207. The van der Waals surface area contributed by atoms with Crippen LogP contribution in [0.5, 0.6) is 17.2 Å². The molecular formula is C22H29N3O3. The van der Waals surface area contributed by atoms with Gasteiger partial charge in [-0.2, -0.15) is 0 Å². The fraction of sp³-hybridized carbons (Fsp3) is 0.409. The standard InChI is InChI=1S/C22H29N3O3/c1-5-23-22(24-13-16-8-6-7-9-19(16)26-3)25-14-18-12-21-17(10-15(2)28-21)11-20(18)27-4/h6-9,11-12,15H,5,10,13-14H2,1-4H3,(H2,23,24,25). The molecule has 150 valence electrons. The molecule has 0 aliphatic carbocycles. The van der Waals surface area contributed by atoms with E-state index < -0.39 is 0 Å². The summed E-state index contributed by atoms with van der Waals surface area (Å²) in [5, 5.41) is 6.65. The van der Waals surface area contributed by atoms with Crippen LogP contribution in [0, 0.1) is 0 Å². The lowest BCUT2D eigenvalue weighted by Crippen LogP contribution is -2.36. The predicted molar refractivity (Wildman–Crippen MR) is 111 cm³/mol. The highest BCUT2D eigenvalue weighted by Crippen LogP contribution is 2.35. The lowest BCUT2D eigenvalue weighted by atomic mass is 10.1. The van der Waals surface area contributed by atoms with E-state index in [-0.39, 0.29) is 6.10 Å². The van der Waals surface area contributed by atoms with Crippen LogP contribution in [0.15, 0.2) is 41.4 Å². The number of para-hydroxylation sites is 1. The van der Waals surface area contributed by atoms with E-state index in [1.165, 1.54) is 5.56 Å². The van der Waals surface area contributed by atoms with Crippen molar-refractivity contribution in [2.45, 2.75) is 39.5 Å². The summed E-state index contributed by atoms with van der Waals surface area (Å²) >= 11 is 0. The van der Waals surface area contributed by atoms with Crippen molar-refractivity contribution >= 4 is 5.96 Å². The molecule has 2 N–H and O–H groups in total. The Kier molecular flexibility index (Phi) is 6.63. The predicted octanol–water partition coefficient (Wildman–Crippen LogP) is 3.28. The summed E-state index contributed by atoms with van der Waals surface area (Å²) in [6, 6.07) is 12.1. The summed E-state index contributed by atoms with van der Waals surface area (Å²) in [7, 11) is 3.38. The van der Waals surface area contributed by atoms with Gasteiger partial charge in [0.2, 0.25) is 0 Å². The van der Waals surface area contributed by atoms with Crippen molar-refractivity contribution in [3.63, 3.8) is 0 Å². The molecule has 6 heteroatoms. The van der Waals surface area contributed by atoms with Crippen LogP contribution < -0.4 is 24.8 Å². The zero-order chi connectivity index (χ0) is 19.9. The van der Waals surface area contributed by atoms with Crippen LogP contribution in [0.4, 0.5) is 0 Å². The fourth-order valence-corrected chi connectivity index (χ4v) is 3.33. The lowest BCUT2D eigenvalue weighted by Gasteiger charge is -2.14. The zero-order valence-corrected chi connectivity index (χ0v) is 17.0. The smallest absolute Gasteiger partial charge is 0.191 e. The Balaban J connectivity index is 1.73. The topological polar surface area (TPSA) is 64.1 Å². The Labute approximate surface area is 166 Å². The first kappa shape index (κ1) is 19.9. The SMILES string of the molecule is CCNC(=NCc1cc2c(cc1OC)CC(C)O2)NCc1ccccc1OC. The van der Waals surface area contributed by atoms with Crippen LogP contribution >= 0.6 is 0 Å². The molecule has 3 rings (SSSR count). The maximum absolute atomic E-state index is 5.88. The van der Waals surface area contributed by atoms with Crippen molar-refractivity contribution < 1.29 is 14.2 Å². The van der Waals surface area contributed by atoms with Crippen molar-refractivity contribution in [1.29, 1.82) is 0 Å². The Bertz CT molecular complexity index is 836. The van der Waals surface area contributed by atoms with E-state index in [2.05, 4.69) is 23.6 Å². The average molecular weight is 383 g/mol. The molecule has 2 aromatic carbocycles. The van der Waals surface area contributed by atoms with E-state index in [1.54, 1.807) is 14.2 Å². The highest BCUT2D eigenvalue weighted by molar-refractivity contribution is 5.79. The number of nitrogens with one attached hydrogen (secondary N) is 2. The third-order valence-corrected chi connectivity index (χ3v) is 4.69. The van der Waals surface area contributed by atoms with Gasteiger partial charge in [-0.25, -0.2) is 4.99 Å². The number of nitrogens with zero attached hydrogens (tertiary/aromatic N) is 1. The molecule has 28 heavy (non-hydrogen) atoms. The van der Waals surface area contributed by atoms with E-state index in [1.807, 2.05) is 37.3 Å². The largest absolute Gasteiger partial charge is 0.496 e. The van der Waals surface area contributed by atoms with Gasteiger partial charge in [-0.05, 0) is 32.0 Å². The quantitative estimate of drug-likeness (QED) is 0.567. The molecule has 0 saturated carbocycles. The van der Waals surface area contributed by atoms with Gasteiger partial charge in [-0.15, -0.1) is 0 Å². The maximum atomic E-state index is 5.88. The van der Waals surface area contributed by atoms with Crippen LogP contribution in [0.1, 0.15) is 30.5 Å². The van der Waals surface area contributed by atoms with E-state index in [9.17, 15) is 0 Å². The van der Waals surface area contributed by atoms with Crippen LogP contribution in [-0.4, -0.2) is 32.8 Å². The second-order valence-corrected chi connectivity index (χ2v) is 6.76. The van der Waals surface area contributed by atoms with Gasteiger partial charge in [0, 0.05) is 36.2 Å². The molecule has 1 aliphatic rings. The number of hydrogen-bond acceptors (Lipinski definition) is 4. The van der Waals surface area contributed by atoms with Gasteiger partial charge in [-0.3, -0.25) is 0 Å². The first-order valence-electron chi connectivity index (χ1n) is 9.65. The van der Waals surface area contributed by atoms with Crippen LogP contribution in [0.3, 0.4) is 0 Å². The van der Waals surface area contributed by atoms with Crippen molar-refractivity contribution in [3.8, 4) is 17.2 Å². The van der Waals surface area contributed by atoms with Gasteiger partial charge in [0.1, 0.15) is 23.4 Å². The third-order valence-electron chi connectivity index (χ3n) is 4.69. The number of hydrogen-bond donors (Lipinski definition) is 2. The van der Waals surface area contributed by atoms with Crippen LogP contribution in [0.2, 0.25) is 0 Å². The molecule has 0 spiro atoms. The molecule has 0 amide bonds. The van der Waals surface area contributed by atoms with Crippen LogP contribution in [-0.2, 0) is 19.5 Å². The third kappa shape index (κ3) is 4.68. The highest BCUT2D eigenvalue weighted by atomic mass is 16.5. The molecule has 2 aromatic rings. The summed E-state index contributed by atoms with van der Waals surface area (Å²) in [5.41, 5.74) is 3.27. The number of ether oxygens (including phenoxy) is 3. The minimum Gasteiger partial charge on any atom is -0.496 e. The van der Waals surface area contributed by atoms with Crippen molar-refractivity contribution in [3.05, 3.63) is 53.1 Å². The molecule has 1 aliphatic heterocycles. The van der Waals surface area contributed by atoms with E-state index in [0.29, 0.717) is 13.1 Å². The summed E-state index contributed by atoms with van der Waals surface area (Å²) in [6.45, 7) is 6.02. The molecule has 0 bridgehead atoms.